The third-order valence-corrected chi connectivity index (χ3v) is 3.81. The van der Waals surface area contributed by atoms with Gasteiger partial charge >= 0.3 is 5.97 Å². The van der Waals surface area contributed by atoms with Gasteiger partial charge < -0.3 is 4.74 Å². The van der Waals surface area contributed by atoms with Gasteiger partial charge in [-0.05, 0) is 37.5 Å². The first-order valence-electron chi connectivity index (χ1n) is 7.19. The van der Waals surface area contributed by atoms with Gasteiger partial charge in [-0.15, -0.1) is 0 Å². The number of carbonyl (C=O) groups is 1. The molecule has 96 valence electrons. The lowest BCUT2D eigenvalue weighted by molar-refractivity contribution is -0.138. The van der Waals surface area contributed by atoms with Gasteiger partial charge in [-0.1, -0.05) is 38.2 Å². The molecule has 17 heavy (non-hydrogen) atoms. The van der Waals surface area contributed by atoms with Crippen LogP contribution in [0.3, 0.4) is 0 Å². The summed E-state index contributed by atoms with van der Waals surface area (Å²) < 4.78 is 5.19. The fourth-order valence-electron chi connectivity index (χ4n) is 2.43. The minimum Gasteiger partial charge on any atom is -0.462 e. The summed E-state index contributed by atoms with van der Waals surface area (Å²) in [5, 5.41) is 0. The second-order valence-corrected chi connectivity index (χ2v) is 5.54. The molecule has 0 atom stereocenters. The third-order valence-electron chi connectivity index (χ3n) is 3.81. The molecule has 2 rings (SSSR count). The van der Waals surface area contributed by atoms with Gasteiger partial charge in [-0.3, -0.25) is 0 Å². The number of allylic oxidation sites excluding steroid dienone is 1. The molecule has 0 bridgehead atoms. The lowest BCUT2D eigenvalue weighted by atomic mass is 9.91. The molecule has 0 amide bonds. The fourth-order valence-corrected chi connectivity index (χ4v) is 2.43. The zero-order valence-corrected chi connectivity index (χ0v) is 10.7. The average Bonchev–Trinajstić information content (AvgIpc) is 3.08. The van der Waals surface area contributed by atoms with Crippen molar-refractivity contribution in [1.29, 1.82) is 0 Å². The van der Waals surface area contributed by atoms with Crippen LogP contribution in [0.4, 0.5) is 0 Å². The zero-order valence-electron chi connectivity index (χ0n) is 10.7. The fraction of sp³-hybridized carbons (Fsp3) is 0.800. The Kier molecular flexibility index (Phi) is 5.08. The van der Waals surface area contributed by atoms with E-state index in [0.29, 0.717) is 18.4 Å². The van der Waals surface area contributed by atoms with E-state index >= 15 is 0 Å². The Morgan fingerprint density at radius 2 is 1.65 bits per heavy atom. The second kappa shape index (κ2) is 6.83. The first-order chi connectivity index (χ1) is 8.34. The van der Waals surface area contributed by atoms with Gasteiger partial charge in [-0.25, -0.2) is 4.79 Å². The van der Waals surface area contributed by atoms with E-state index in [-0.39, 0.29) is 5.97 Å². The minimum absolute atomic E-state index is 0.140. The molecule has 0 saturated heterocycles. The smallest absolute Gasteiger partial charge is 0.330 e. The predicted octanol–water partition coefficient (Wildman–Crippen LogP) is 3.86. The summed E-state index contributed by atoms with van der Waals surface area (Å²) in [5.74, 6) is 1.12. The topological polar surface area (TPSA) is 26.3 Å². The van der Waals surface area contributed by atoms with Crippen molar-refractivity contribution in [3.63, 3.8) is 0 Å². The van der Waals surface area contributed by atoms with Crippen LogP contribution in [0.15, 0.2) is 12.2 Å². The lowest BCUT2D eigenvalue weighted by Gasteiger charge is -2.15. The Morgan fingerprint density at radius 1 is 1.00 bits per heavy atom. The van der Waals surface area contributed by atoms with Gasteiger partial charge in [0, 0.05) is 6.08 Å². The molecule has 0 aromatic heterocycles. The Labute approximate surface area is 104 Å². The molecule has 0 spiro atoms. The van der Waals surface area contributed by atoms with Crippen molar-refractivity contribution in [2.75, 3.05) is 6.61 Å². The van der Waals surface area contributed by atoms with Crippen molar-refractivity contribution in [1.82, 2.24) is 0 Å². The van der Waals surface area contributed by atoms with E-state index in [9.17, 15) is 4.79 Å². The van der Waals surface area contributed by atoms with Crippen molar-refractivity contribution in [2.24, 2.45) is 11.8 Å². The van der Waals surface area contributed by atoms with Crippen molar-refractivity contribution in [3.8, 4) is 0 Å². The maximum Gasteiger partial charge on any atom is 0.330 e. The third kappa shape index (κ3) is 5.38. The monoisotopic (exact) mass is 236 g/mol. The normalized spacial score (nSPS) is 23.3. The Hall–Kier alpha value is -0.790. The summed E-state index contributed by atoms with van der Waals surface area (Å²) in [6.07, 6.45) is 15.4. The highest BCUT2D eigenvalue weighted by molar-refractivity contribution is 5.81. The lowest BCUT2D eigenvalue weighted by Crippen LogP contribution is -2.05. The van der Waals surface area contributed by atoms with Crippen LogP contribution >= 0.6 is 0 Å². The van der Waals surface area contributed by atoms with E-state index in [2.05, 4.69) is 6.08 Å². The number of hydrogen-bond acceptors (Lipinski definition) is 2. The summed E-state index contributed by atoms with van der Waals surface area (Å²) >= 11 is 0. The van der Waals surface area contributed by atoms with Gasteiger partial charge in [0.2, 0.25) is 0 Å². The summed E-state index contributed by atoms with van der Waals surface area (Å²) in [4.78, 5) is 11.5. The van der Waals surface area contributed by atoms with E-state index in [1.54, 1.807) is 6.08 Å². The highest BCUT2D eigenvalue weighted by Crippen LogP contribution is 2.29. The number of rotatable bonds is 4. The molecule has 0 heterocycles. The SMILES string of the molecule is O=C(C=CC1CCCCCCC1)OCC1CC1. The van der Waals surface area contributed by atoms with Crippen LogP contribution in [0.25, 0.3) is 0 Å². The molecule has 2 fully saturated rings. The molecule has 0 radical (unpaired) electrons. The molecule has 2 heteroatoms. The van der Waals surface area contributed by atoms with E-state index in [4.69, 9.17) is 4.74 Å². The quantitative estimate of drug-likeness (QED) is 0.547. The van der Waals surface area contributed by atoms with Crippen LogP contribution in [0, 0.1) is 11.8 Å². The summed E-state index contributed by atoms with van der Waals surface area (Å²) in [6.45, 7) is 0.633. The molecule has 2 nitrogen and oxygen atoms in total. The molecule has 0 aromatic carbocycles. The molecule has 0 N–H and O–H groups in total. The number of hydrogen-bond donors (Lipinski definition) is 0. The summed E-state index contributed by atoms with van der Waals surface area (Å²) in [6, 6.07) is 0. The van der Waals surface area contributed by atoms with E-state index in [1.807, 2.05) is 0 Å². The largest absolute Gasteiger partial charge is 0.462 e. The van der Waals surface area contributed by atoms with Crippen molar-refractivity contribution < 1.29 is 9.53 Å². The molecule has 0 aromatic rings. The standard InChI is InChI=1S/C15H24O2/c16-15(17-12-14-8-9-14)11-10-13-6-4-2-1-3-5-7-13/h10-11,13-14H,1-9,12H2. The van der Waals surface area contributed by atoms with Crippen LogP contribution in [-0.2, 0) is 9.53 Å². The highest BCUT2D eigenvalue weighted by Gasteiger charge is 2.22. The van der Waals surface area contributed by atoms with Crippen LogP contribution in [0.1, 0.15) is 57.8 Å². The summed E-state index contributed by atoms with van der Waals surface area (Å²) in [5.41, 5.74) is 0. The minimum atomic E-state index is -0.140. The van der Waals surface area contributed by atoms with Crippen LogP contribution in [0.2, 0.25) is 0 Å². The zero-order chi connectivity index (χ0) is 11.9. The number of ether oxygens (including phenoxy) is 1. The van der Waals surface area contributed by atoms with Crippen molar-refractivity contribution in [2.45, 2.75) is 57.8 Å². The second-order valence-electron chi connectivity index (χ2n) is 5.54. The average molecular weight is 236 g/mol. The van der Waals surface area contributed by atoms with Gasteiger partial charge in [0.05, 0.1) is 6.61 Å². The van der Waals surface area contributed by atoms with Gasteiger partial charge in [-0.2, -0.15) is 0 Å². The van der Waals surface area contributed by atoms with E-state index < -0.39 is 0 Å². The predicted molar refractivity (Wildman–Crippen MR) is 68.6 cm³/mol. The number of carbonyl (C=O) groups excluding carboxylic acids is 1. The van der Waals surface area contributed by atoms with Crippen molar-refractivity contribution >= 4 is 5.97 Å². The molecule has 0 aliphatic heterocycles. The maximum atomic E-state index is 11.5. The Morgan fingerprint density at radius 3 is 2.29 bits per heavy atom. The Balaban J connectivity index is 1.66. The first-order valence-corrected chi connectivity index (χ1v) is 7.19. The molecular weight excluding hydrogens is 212 g/mol. The molecule has 2 aliphatic rings. The van der Waals surface area contributed by atoms with Crippen LogP contribution < -0.4 is 0 Å². The van der Waals surface area contributed by atoms with Gasteiger partial charge in [0.1, 0.15) is 0 Å². The highest BCUT2D eigenvalue weighted by atomic mass is 16.5. The Bertz CT molecular complexity index is 258. The number of esters is 1. The molecule has 2 aliphatic carbocycles. The van der Waals surface area contributed by atoms with Crippen LogP contribution in [-0.4, -0.2) is 12.6 Å². The first kappa shape index (κ1) is 12.7. The molecule has 0 unspecified atom stereocenters. The molecular formula is C15H24O2. The molecule has 2 saturated carbocycles. The van der Waals surface area contributed by atoms with Gasteiger partial charge in [0.25, 0.3) is 0 Å². The van der Waals surface area contributed by atoms with Crippen LogP contribution in [0.5, 0.6) is 0 Å². The maximum absolute atomic E-state index is 11.5. The van der Waals surface area contributed by atoms with E-state index in [0.717, 1.165) is 0 Å². The van der Waals surface area contributed by atoms with Crippen molar-refractivity contribution in [3.05, 3.63) is 12.2 Å². The van der Waals surface area contributed by atoms with Gasteiger partial charge in [0.15, 0.2) is 0 Å². The van der Waals surface area contributed by atoms with E-state index in [1.165, 1.54) is 57.8 Å². The summed E-state index contributed by atoms with van der Waals surface area (Å²) in [7, 11) is 0.